The maximum atomic E-state index is 10.8. The van der Waals surface area contributed by atoms with Crippen LogP contribution >= 0.6 is 0 Å². The Balaban J connectivity index is 2.13. The zero-order valence-corrected chi connectivity index (χ0v) is 9.60. The van der Waals surface area contributed by atoms with Crippen molar-refractivity contribution in [2.45, 2.75) is 26.4 Å². The molecule has 4 heteroatoms. The Morgan fingerprint density at radius 3 is 3.06 bits per heavy atom. The molecule has 1 unspecified atom stereocenters. The van der Waals surface area contributed by atoms with Crippen LogP contribution in [-0.4, -0.2) is 28.0 Å². The second-order valence-electron chi connectivity index (χ2n) is 4.57. The van der Waals surface area contributed by atoms with Crippen molar-refractivity contribution in [3.05, 3.63) is 29.1 Å². The Labute approximate surface area is 94.9 Å². The zero-order chi connectivity index (χ0) is 11.7. The number of nitrogens with zero attached hydrogens (tertiary/aromatic N) is 2. The van der Waals surface area contributed by atoms with Crippen LogP contribution < -0.4 is 0 Å². The lowest BCUT2D eigenvalue weighted by molar-refractivity contribution is -0.141. The van der Waals surface area contributed by atoms with Crippen molar-refractivity contribution in [1.29, 1.82) is 0 Å². The van der Waals surface area contributed by atoms with Gasteiger partial charge in [-0.25, -0.2) is 0 Å². The van der Waals surface area contributed by atoms with Gasteiger partial charge in [0.15, 0.2) is 0 Å². The fourth-order valence-corrected chi connectivity index (χ4v) is 2.02. The van der Waals surface area contributed by atoms with Gasteiger partial charge in [0, 0.05) is 19.3 Å². The van der Waals surface area contributed by atoms with E-state index in [4.69, 9.17) is 5.11 Å². The minimum Gasteiger partial charge on any atom is -0.481 e. The van der Waals surface area contributed by atoms with E-state index in [-0.39, 0.29) is 5.92 Å². The van der Waals surface area contributed by atoms with Gasteiger partial charge >= 0.3 is 5.97 Å². The third-order valence-electron chi connectivity index (χ3n) is 2.94. The van der Waals surface area contributed by atoms with Gasteiger partial charge in [0.1, 0.15) is 0 Å². The average Bonchev–Trinajstić information content (AvgIpc) is 2.57. The molecule has 2 heterocycles. The van der Waals surface area contributed by atoms with Crippen molar-refractivity contribution >= 4 is 5.97 Å². The highest BCUT2D eigenvalue weighted by molar-refractivity contribution is 5.69. The largest absolute Gasteiger partial charge is 0.481 e. The lowest BCUT2D eigenvalue weighted by Gasteiger charge is -2.07. The van der Waals surface area contributed by atoms with Gasteiger partial charge in [0.05, 0.1) is 11.6 Å². The van der Waals surface area contributed by atoms with Crippen molar-refractivity contribution in [2.24, 2.45) is 5.92 Å². The molecule has 0 saturated carbocycles. The van der Waals surface area contributed by atoms with Crippen LogP contribution in [0.4, 0.5) is 0 Å². The zero-order valence-electron chi connectivity index (χ0n) is 9.60. The molecule has 1 atom stereocenters. The first-order chi connectivity index (χ1) is 7.56. The van der Waals surface area contributed by atoms with Crippen LogP contribution in [0.15, 0.2) is 12.3 Å². The Bertz CT molecular complexity index is 417. The van der Waals surface area contributed by atoms with E-state index >= 15 is 0 Å². The summed E-state index contributed by atoms with van der Waals surface area (Å²) in [6.07, 6.45) is 2.36. The molecule has 0 spiro atoms. The summed E-state index contributed by atoms with van der Waals surface area (Å²) in [7, 11) is 2.06. The third kappa shape index (κ3) is 2.22. The Morgan fingerprint density at radius 1 is 1.62 bits per heavy atom. The Morgan fingerprint density at radius 2 is 2.38 bits per heavy atom. The highest BCUT2D eigenvalue weighted by Crippen LogP contribution is 2.21. The van der Waals surface area contributed by atoms with Crippen molar-refractivity contribution < 1.29 is 9.90 Å². The summed E-state index contributed by atoms with van der Waals surface area (Å²) in [6, 6.07) is 2.09. The second kappa shape index (κ2) is 4.22. The van der Waals surface area contributed by atoms with Crippen molar-refractivity contribution in [1.82, 2.24) is 9.88 Å². The fraction of sp³-hybridized carbons (Fsp3) is 0.500. The number of hydrogen-bond acceptors (Lipinski definition) is 3. The predicted octanol–water partition coefficient (Wildman–Crippen LogP) is 1.29. The monoisotopic (exact) mass is 220 g/mol. The van der Waals surface area contributed by atoms with Gasteiger partial charge < -0.3 is 5.11 Å². The summed E-state index contributed by atoms with van der Waals surface area (Å²) < 4.78 is 0. The van der Waals surface area contributed by atoms with Crippen LogP contribution in [-0.2, 0) is 24.3 Å². The molecule has 1 aliphatic heterocycles. The molecule has 16 heavy (non-hydrogen) atoms. The average molecular weight is 220 g/mol. The number of aromatic nitrogens is 1. The molecule has 2 rings (SSSR count). The maximum absolute atomic E-state index is 10.8. The molecule has 4 nitrogen and oxygen atoms in total. The van der Waals surface area contributed by atoms with Crippen LogP contribution in [0.2, 0.25) is 0 Å². The summed E-state index contributed by atoms with van der Waals surface area (Å²) >= 11 is 0. The van der Waals surface area contributed by atoms with Crippen LogP contribution in [0, 0.1) is 5.92 Å². The molecular weight excluding hydrogens is 204 g/mol. The molecule has 1 N–H and O–H groups in total. The van der Waals surface area contributed by atoms with E-state index in [1.807, 2.05) is 0 Å². The number of carboxylic acids is 1. The van der Waals surface area contributed by atoms with Crippen molar-refractivity contribution in [2.75, 3.05) is 7.05 Å². The van der Waals surface area contributed by atoms with E-state index < -0.39 is 5.97 Å². The molecule has 0 saturated heterocycles. The minimum absolute atomic E-state index is 0.348. The number of fused-ring (bicyclic) bond motifs is 1. The number of aliphatic carboxylic acids is 1. The van der Waals surface area contributed by atoms with E-state index in [2.05, 4.69) is 23.0 Å². The lowest BCUT2D eigenvalue weighted by atomic mass is 10.0. The second-order valence-corrected chi connectivity index (χ2v) is 4.57. The number of carbonyl (C=O) groups is 1. The Kier molecular flexibility index (Phi) is 2.92. The summed E-state index contributed by atoms with van der Waals surface area (Å²) in [5, 5.41) is 8.85. The maximum Gasteiger partial charge on any atom is 0.306 e. The van der Waals surface area contributed by atoms with E-state index in [9.17, 15) is 4.79 Å². The van der Waals surface area contributed by atoms with Crippen LogP contribution in [0.3, 0.4) is 0 Å². The standard InChI is InChI=1S/C12H16N2O2/c1-8(12(15)16)3-9-4-10-6-14(2)7-11(10)13-5-9/h4-5,8H,3,6-7H2,1-2H3,(H,15,16). The molecule has 86 valence electrons. The number of rotatable bonds is 3. The molecule has 0 bridgehead atoms. The molecular formula is C12H16N2O2. The first-order valence-corrected chi connectivity index (χ1v) is 5.44. The fourth-order valence-electron chi connectivity index (χ4n) is 2.02. The highest BCUT2D eigenvalue weighted by Gasteiger charge is 2.18. The molecule has 1 aromatic heterocycles. The van der Waals surface area contributed by atoms with E-state index in [0.29, 0.717) is 6.42 Å². The van der Waals surface area contributed by atoms with Crippen LogP contribution in [0.1, 0.15) is 23.7 Å². The number of carboxylic acid groups (broad SMARTS) is 1. The molecule has 0 radical (unpaired) electrons. The number of hydrogen-bond donors (Lipinski definition) is 1. The van der Waals surface area contributed by atoms with E-state index in [0.717, 1.165) is 24.3 Å². The SMILES string of the molecule is CC(Cc1cnc2c(c1)CN(C)C2)C(=O)O. The highest BCUT2D eigenvalue weighted by atomic mass is 16.4. The van der Waals surface area contributed by atoms with Crippen molar-refractivity contribution in [3.8, 4) is 0 Å². The molecule has 0 aliphatic carbocycles. The van der Waals surface area contributed by atoms with Gasteiger partial charge in [-0.3, -0.25) is 14.7 Å². The molecule has 1 aliphatic rings. The van der Waals surface area contributed by atoms with Gasteiger partial charge in [0.25, 0.3) is 0 Å². The van der Waals surface area contributed by atoms with E-state index in [1.54, 1.807) is 13.1 Å². The molecule has 1 aromatic rings. The summed E-state index contributed by atoms with van der Waals surface area (Å²) in [4.78, 5) is 17.3. The summed E-state index contributed by atoms with van der Waals surface area (Å²) in [6.45, 7) is 3.53. The van der Waals surface area contributed by atoms with Crippen LogP contribution in [0.5, 0.6) is 0 Å². The van der Waals surface area contributed by atoms with E-state index in [1.165, 1.54) is 5.56 Å². The predicted molar refractivity (Wildman–Crippen MR) is 59.9 cm³/mol. The molecule has 0 aromatic carbocycles. The minimum atomic E-state index is -0.752. The summed E-state index contributed by atoms with van der Waals surface area (Å²) in [5.74, 6) is -1.10. The van der Waals surface area contributed by atoms with Gasteiger partial charge in [-0.1, -0.05) is 13.0 Å². The van der Waals surface area contributed by atoms with Gasteiger partial charge in [-0.15, -0.1) is 0 Å². The van der Waals surface area contributed by atoms with Crippen molar-refractivity contribution in [3.63, 3.8) is 0 Å². The van der Waals surface area contributed by atoms with Gasteiger partial charge in [0.2, 0.25) is 0 Å². The first kappa shape index (κ1) is 11.1. The quantitative estimate of drug-likeness (QED) is 0.834. The van der Waals surface area contributed by atoms with Crippen LogP contribution in [0.25, 0.3) is 0 Å². The normalized spacial score (nSPS) is 17.1. The first-order valence-electron chi connectivity index (χ1n) is 5.44. The Hall–Kier alpha value is -1.42. The molecule has 0 fully saturated rings. The molecule has 0 amide bonds. The number of pyridine rings is 1. The third-order valence-corrected chi connectivity index (χ3v) is 2.94. The summed E-state index contributed by atoms with van der Waals surface area (Å²) in [5.41, 5.74) is 3.37. The smallest absolute Gasteiger partial charge is 0.306 e. The van der Waals surface area contributed by atoms with Gasteiger partial charge in [-0.05, 0) is 24.6 Å². The topological polar surface area (TPSA) is 53.4 Å². The van der Waals surface area contributed by atoms with Gasteiger partial charge in [-0.2, -0.15) is 0 Å². The lowest BCUT2D eigenvalue weighted by Crippen LogP contribution is -2.12.